The molecular weight excluding hydrogens is 494 g/mol. The number of ether oxygens (including phenoxy) is 1. The Balaban J connectivity index is 1.38. The monoisotopic (exact) mass is 527 g/mol. The maximum atomic E-state index is 13.9. The van der Waals surface area contributed by atoms with Crippen molar-refractivity contribution in [1.82, 2.24) is 24.9 Å². The molecule has 2 amide bonds. The fourth-order valence-electron chi connectivity index (χ4n) is 4.78. The van der Waals surface area contributed by atoms with Gasteiger partial charge < -0.3 is 19.9 Å². The number of hydrogen-bond acceptors (Lipinski definition) is 7. The summed E-state index contributed by atoms with van der Waals surface area (Å²) in [5, 5.41) is 11.4. The van der Waals surface area contributed by atoms with Crippen LogP contribution in [0.5, 0.6) is 0 Å². The van der Waals surface area contributed by atoms with Crippen molar-refractivity contribution in [2.75, 3.05) is 36.5 Å². The standard InChI is InChI=1S/C29H33N7O3/c1-3-29(2,28(38)31-23-10-12-24(13-11-23)34-15-17-39-18-16-34)35(20-22-7-6-14-30-19-22)27(37)21-36-26-9-5-4-8-25(26)32-33-36/h4-14,19H,3,15-18,20-21H2,1-2H3,(H,31,38)/t29-/m1/s1. The number of amides is 2. The number of anilines is 2. The minimum absolute atomic E-state index is 0.0438. The highest BCUT2D eigenvalue weighted by molar-refractivity contribution is 6.00. The molecular formula is C29H33N7O3. The van der Waals surface area contributed by atoms with Crippen molar-refractivity contribution in [2.45, 2.75) is 38.9 Å². The third kappa shape index (κ3) is 5.75. The van der Waals surface area contributed by atoms with E-state index in [0.717, 1.165) is 29.9 Å². The molecule has 202 valence electrons. The molecule has 0 radical (unpaired) electrons. The topological polar surface area (TPSA) is 105 Å². The second-order valence-electron chi connectivity index (χ2n) is 9.80. The fourth-order valence-corrected chi connectivity index (χ4v) is 4.78. The van der Waals surface area contributed by atoms with E-state index in [2.05, 4.69) is 25.5 Å². The zero-order chi connectivity index (χ0) is 27.2. The Hall–Kier alpha value is -4.31. The number of morpholine rings is 1. The smallest absolute Gasteiger partial charge is 0.250 e. The van der Waals surface area contributed by atoms with E-state index in [4.69, 9.17) is 4.74 Å². The Labute approximate surface area is 227 Å². The van der Waals surface area contributed by atoms with E-state index < -0.39 is 5.54 Å². The molecule has 10 nitrogen and oxygen atoms in total. The van der Waals surface area contributed by atoms with Gasteiger partial charge in [0.1, 0.15) is 17.6 Å². The number of fused-ring (bicyclic) bond motifs is 1. The van der Waals surface area contributed by atoms with E-state index in [0.29, 0.717) is 30.8 Å². The number of pyridine rings is 1. The van der Waals surface area contributed by atoms with Gasteiger partial charge in [-0.2, -0.15) is 0 Å². The van der Waals surface area contributed by atoms with Crippen molar-refractivity contribution in [3.63, 3.8) is 0 Å². The van der Waals surface area contributed by atoms with Crippen molar-refractivity contribution >= 4 is 34.2 Å². The Bertz CT molecular complexity index is 1420. The Morgan fingerprint density at radius 2 is 1.82 bits per heavy atom. The van der Waals surface area contributed by atoms with Gasteiger partial charge in [0.25, 0.3) is 0 Å². The number of aromatic nitrogens is 4. The zero-order valence-corrected chi connectivity index (χ0v) is 22.3. The number of para-hydroxylation sites is 1. The van der Waals surface area contributed by atoms with Gasteiger partial charge in [0, 0.05) is 43.4 Å². The molecule has 0 spiro atoms. The average molecular weight is 528 g/mol. The Kier molecular flexibility index (Phi) is 7.83. The summed E-state index contributed by atoms with van der Waals surface area (Å²) in [4.78, 5) is 35.8. The molecule has 0 aliphatic carbocycles. The first-order valence-corrected chi connectivity index (χ1v) is 13.2. The predicted molar refractivity (Wildman–Crippen MR) is 149 cm³/mol. The third-order valence-electron chi connectivity index (χ3n) is 7.34. The summed E-state index contributed by atoms with van der Waals surface area (Å²) in [5.74, 6) is -0.499. The highest BCUT2D eigenvalue weighted by Gasteiger charge is 2.41. The van der Waals surface area contributed by atoms with Gasteiger partial charge in [0.15, 0.2) is 0 Å². The first-order valence-electron chi connectivity index (χ1n) is 13.2. The van der Waals surface area contributed by atoms with Crippen LogP contribution in [0.4, 0.5) is 11.4 Å². The van der Waals surface area contributed by atoms with Crippen molar-refractivity contribution in [1.29, 1.82) is 0 Å². The van der Waals surface area contributed by atoms with E-state index in [9.17, 15) is 9.59 Å². The molecule has 1 atom stereocenters. The summed E-state index contributed by atoms with van der Waals surface area (Å²) in [6, 6.07) is 19.0. The molecule has 3 heterocycles. The molecule has 1 aliphatic rings. The third-order valence-corrected chi connectivity index (χ3v) is 7.34. The molecule has 1 aliphatic heterocycles. The lowest BCUT2D eigenvalue weighted by Gasteiger charge is -2.39. The van der Waals surface area contributed by atoms with Gasteiger partial charge in [-0.25, -0.2) is 4.68 Å². The maximum Gasteiger partial charge on any atom is 0.250 e. The van der Waals surface area contributed by atoms with E-state index in [1.165, 1.54) is 0 Å². The molecule has 1 N–H and O–H groups in total. The van der Waals surface area contributed by atoms with Crippen LogP contribution < -0.4 is 10.2 Å². The van der Waals surface area contributed by atoms with Gasteiger partial charge in [0.2, 0.25) is 11.8 Å². The van der Waals surface area contributed by atoms with Crippen molar-refractivity contribution in [3.8, 4) is 0 Å². The van der Waals surface area contributed by atoms with Crippen LogP contribution in [0, 0.1) is 0 Å². The first kappa shape index (κ1) is 26.3. The normalized spacial score (nSPS) is 15.1. The highest BCUT2D eigenvalue weighted by Crippen LogP contribution is 2.27. The van der Waals surface area contributed by atoms with Crippen LogP contribution >= 0.6 is 0 Å². The number of hydrogen-bond donors (Lipinski definition) is 1. The molecule has 1 fully saturated rings. The van der Waals surface area contributed by atoms with Crippen LogP contribution in [0.3, 0.4) is 0 Å². The van der Waals surface area contributed by atoms with E-state index >= 15 is 0 Å². The van der Waals surface area contributed by atoms with Gasteiger partial charge in [0.05, 0.1) is 18.7 Å². The number of carbonyl (C=O) groups excluding carboxylic acids is 2. The number of nitrogens with zero attached hydrogens (tertiary/aromatic N) is 6. The lowest BCUT2D eigenvalue weighted by Crippen LogP contribution is -2.57. The molecule has 10 heteroatoms. The predicted octanol–water partition coefficient (Wildman–Crippen LogP) is 3.50. The number of benzene rings is 2. The number of rotatable bonds is 9. The molecule has 4 aromatic rings. The molecule has 5 rings (SSSR count). The van der Waals surface area contributed by atoms with Gasteiger partial charge in [-0.15, -0.1) is 5.10 Å². The minimum atomic E-state index is -1.13. The van der Waals surface area contributed by atoms with Gasteiger partial charge >= 0.3 is 0 Å². The quantitative estimate of drug-likeness (QED) is 0.355. The summed E-state index contributed by atoms with van der Waals surface area (Å²) in [6.45, 7) is 6.99. The largest absolute Gasteiger partial charge is 0.378 e. The molecule has 1 saturated heterocycles. The van der Waals surface area contributed by atoms with Crippen LogP contribution in [0.15, 0.2) is 73.1 Å². The summed E-state index contributed by atoms with van der Waals surface area (Å²) in [6.07, 6.45) is 3.81. The molecule has 2 aromatic carbocycles. The van der Waals surface area contributed by atoms with Crippen LogP contribution in [0.2, 0.25) is 0 Å². The summed E-state index contributed by atoms with van der Waals surface area (Å²) < 4.78 is 7.02. The van der Waals surface area contributed by atoms with Crippen LogP contribution in [-0.4, -0.2) is 68.5 Å². The highest BCUT2D eigenvalue weighted by atomic mass is 16.5. The molecule has 0 unspecified atom stereocenters. The summed E-state index contributed by atoms with van der Waals surface area (Å²) >= 11 is 0. The molecule has 39 heavy (non-hydrogen) atoms. The summed E-state index contributed by atoms with van der Waals surface area (Å²) in [7, 11) is 0. The molecule has 2 aromatic heterocycles. The zero-order valence-electron chi connectivity index (χ0n) is 22.3. The number of carbonyl (C=O) groups is 2. The Morgan fingerprint density at radius 3 is 2.54 bits per heavy atom. The maximum absolute atomic E-state index is 13.9. The minimum Gasteiger partial charge on any atom is -0.378 e. The van der Waals surface area contributed by atoms with Crippen LogP contribution in [-0.2, 0) is 27.4 Å². The van der Waals surface area contributed by atoms with Crippen molar-refractivity contribution in [2.24, 2.45) is 0 Å². The lowest BCUT2D eigenvalue weighted by atomic mass is 9.93. The first-order chi connectivity index (χ1) is 19.0. The Morgan fingerprint density at radius 1 is 1.05 bits per heavy atom. The molecule has 0 saturated carbocycles. The van der Waals surface area contributed by atoms with Crippen molar-refractivity contribution < 1.29 is 14.3 Å². The number of nitrogens with one attached hydrogen (secondary N) is 1. The van der Waals surface area contributed by atoms with Gasteiger partial charge in [-0.3, -0.25) is 14.6 Å². The lowest BCUT2D eigenvalue weighted by molar-refractivity contribution is -0.146. The molecule has 0 bridgehead atoms. The summed E-state index contributed by atoms with van der Waals surface area (Å²) in [5.41, 5.74) is 2.93. The van der Waals surface area contributed by atoms with Crippen LogP contribution in [0.25, 0.3) is 11.0 Å². The van der Waals surface area contributed by atoms with Gasteiger partial charge in [-0.1, -0.05) is 30.3 Å². The van der Waals surface area contributed by atoms with E-state index in [-0.39, 0.29) is 24.9 Å². The van der Waals surface area contributed by atoms with Crippen LogP contribution in [0.1, 0.15) is 25.8 Å². The second-order valence-corrected chi connectivity index (χ2v) is 9.80. The van der Waals surface area contributed by atoms with Crippen molar-refractivity contribution in [3.05, 3.63) is 78.6 Å². The van der Waals surface area contributed by atoms with E-state index in [1.54, 1.807) is 28.9 Å². The fraction of sp³-hybridized carbons (Fsp3) is 0.345. The SMILES string of the molecule is CC[C@](C)(C(=O)Nc1ccc(N2CCOCC2)cc1)N(Cc1cccnc1)C(=O)Cn1nnc2ccccc21. The van der Waals surface area contributed by atoms with E-state index in [1.807, 2.05) is 67.6 Å². The second kappa shape index (κ2) is 11.6. The average Bonchev–Trinajstić information content (AvgIpc) is 3.39. The van der Waals surface area contributed by atoms with Gasteiger partial charge in [-0.05, 0) is 61.4 Å².